The Balaban J connectivity index is 3.82. The van der Waals surface area contributed by atoms with Crippen molar-refractivity contribution in [3.63, 3.8) is 0 Å². The second kappa shape index (κ2) is 9.41. The first-order chi connectivity index (χ1) is 12.5. The topological polar surface area (TPSA) is 20.2 Å². The zero-order valence-corrected chi connectivity index (χ0v) is 25.1. The minimum Gasteiger partial charge on any atom is -0.390 e. The number of hydrogen-bond donors (Lipinski definition) is 1. The Bertz CT molecular complexity index is 582. The molecule has 0 bridgehead atoms. The van der Waals surface area contributed by atoms with Crippen LogP contribution in [0.2, 0.25) is 64.5 Å². The lowest BCUT2D eigenvalue weighted by Crippen LogP contribution is -2.85. The summed E-state index contributed by atoms with van der Waals surface area (Å²) in [7, 11) is -4.51. The van der Waals surface area contributed by atoms with E-state index in [0.717, 1.165) is 6.42 Å². The van der Waals surface area contributed by atoms with E-state index in [1.807, 2.05) is 0 Å². The molecule has 0 radical (unpaired) electrons. The monoisotopic (exact) mass is 492 g/mol. The SMILES string of the molecule is C[C@H](c1ccccc1)[C@@H](C[C@H](O)C(Cl)Cl)[Si]([Si](C)(C)C)([Si](C)(C)C)[Si](C)(C)C. The average Bonchev–Trinajstić information content (AvgIpc) is 2.50. The summed E-state index contributed by atoms with van der Waals surface area (Å²) >= 11 is 12.4. The zero-order chi connectivity index (χ0) is 22.1. The molecule has 1 N–H and O–H groups in total. The van der Waals surface area contributed by atoms with Gasteiger partial charge in [0.25, 0.3) is 0 Å². The molecule has 0 aromatic heterocycles. The highest BCUT2D eigenvalue weighted by atomic mass is 35.5. The maximum atomic E-state index is 10.9. The highest BCUT2D eigenvalue weighted by Gasteiger charge is 2.65. The first-order valence-electron chi connectivity index (χ1n) is 10.5. The van der Waals surface area contributed by atoms with E-state index in [0.29, 0.717) is 11.5 Å². The predicted octanol–water partition coefficient (Wildman–Crippen LogP) is 7.41. The second-order valence-corrected chi connectivity index (χ2v) is 53.6. The molecule has 1 aromatic rings. The summed E-state index contributed by atoms with van der Waals surface area (Å²) in [5.74, 6) is 0.416. The Labute approximate surface area is 187 Å². The highest BCUT2D eigenvalue weighted by molar-refractivity contribution is 7.89. The molecule has 0 aliphatic heterocycles. The second-order valence-electron chi connectivity index (χ2n) is 11.5. The fourth-order valence-corrected chi connectivity index (χ4v) is 113. The molecular weight excluding hydrogens is 451 g/mol. The van der Waals surface area contributed by atoms with E-state index < -0.39 is 40.3 Å². The number of alkyl halides is 2. The van der Waals surface area contributed by atoms with Crippen LogP contribution in [0.3, 0.4) is 0 Å². The van der Waals surface area contributed by atoms with Gasteiger partial charge in [-0.25, -0.2) is 0 Å². The van der Waals surface area contributed by atoms with Gasteiger partial charge in [-0.2, -0.15) is 0 Å². The van der Waals surface area contributed by atoms with Gasteiger partial charge in [0.15, 0.2) is 0 Å². The number of rotatable bonds is 9. The van der Waals surface area contributed by atoms with Crippen LogP contribution in [0.5, 0.6) is 0 Å². The van der Waals surface area contributed by atoms with E-state index in [1.54, 1.807) is 0 Å². The standard InChI is InChI=1S/C21H42Cl2OSi4/c1-17(18-14-12-11-13-15-18)20(16-19(24)21(22)23)28(25(2,3)4,26(5,6)7)27(8,9)10/h11-15,17,19-21,24H,16H2,1-10H3/t17-,19+,20-/m1/s1. The van der Waals surface area contributed by atoms with Gasteiger partial charge in [-0.3, -0.25) is 0 Å². The Morgan fingerprint density at radius 1 is 0.786 bits per heavy atom. The van der Waals surface area contributed by atoms with Gasteiger partial charge in [0.05, 0.1) is 6.10 Å². The summed E-state index contributed by atoms with van der Waals surface area (Å²) in [6, 6.07) is 10.9. The van der Waals surface area contributed by atoms with Crippen LogP contribution in [0.25, 0.3) is 0 Å². The van der Waals surface area contributed by atoms with Crippen molar-refractivity contribution in [1.29, 1.82) is 0 Å². The van der Waals surface area contributed by atoms with Crippen LogP contribution in [-0.2, 0) is 0 Å². The average molecular weight is 494 g/mol. The minimum absolute atomic E-state index is 0.416. The van der Waals surface area contributed by atoms with Crippen molar-refractivity contribution in [3.8, 4) is 0 Å². The van der Waals surface area contributed by atoms with Gasteiger partial charge in [-0.1, -0.05) is 96.2 Å². The molecule has 0 spiro atoms. The maximum absolute atomic E-state index is 10.9. The third-order valence-electron chi connectivity index (χ3n) is 6.82. The summed E-state index contributed by atoms with van der Waals surface area (Å²) in [5, 5.41) is 10.9. The number of hydrogen-bond acceptors (Lipinski definition) is 1. The van der Waals surface area contributed by atoms with Gasteiger partial charge >= 0.3 is 0 Å². The Morgan fingerprint density at radius 2 is 1.18 bits per heavy atom. The van der Waals surface area contributed by atoms with Crippen molar-refractivity contribution in [2.24, 2.45) is 0 Å². The molecule has 1 rings (SSSR count). The zero-order valence-electron chi connectivity index (χ0n) is 19.6. The van der Waals surface area contributed by atoms with Gasteiger partial charge in [-0.05, 0) is 23.4 Å². The molecule has 0 saturated carbocycles. The molecule has 0 amide bonds. The summed E-state index contributed by atoms with van der Waals surface area (Å²) in [6.07, 6.45) is 0.0779. The third kappa shape index (κ3) is 5.27. The molecule has 0 unspecified atom stereocenters. The van der Waals surface area contributed by atoms with Gasteiger partial charge < -0.3 is 5.11 Å². The van der Waals surface area contributed by atoms with Crippen LogP contribution in [0.15, 0.2) is 30.3 Å². The van der Waals surface area contributed by atoms with Crippen molar-refractivity contribution < 1.29 is 5.11 Å². The van der Waals surface area contributed by atoms with E-state index in [-0.39, 0.29) is 0 Å². The molecule has 0 heterocycles. The number of halogens is 2. The first kappa shape index (κ1) is 26.7. The van der Waals surface area contributed by atoms with E-state index in [1.165, 1.54) is 5.56 Å². The van der Waals surface area contributed by atoms with Crippen molar-refractivity contribution >= 4 is 52.6 Å². The van der Waals surface area contributed by atoms with Crippen LogP contribution in [0.1, 0.15) is 24.8 Å². The Hall–Kier alpha value is 0.628. The van der Waals surface area contributed by atoms with E-state index in [4.69, 9.17) is 23.2 Å². The molecule has 28 heavy (non-hydrogen) atoms. The number of benzene rings is 1. The van der Waals surface area contributed by atoms with Crippen molar-refractivity contribution in [2.45, 2.75) is 94.7 Å². The number of aliphatic hydroxyl groups excluding tert-OH is 1. The van der Waals surface area contributed by atoms with E-state index in [9.17, 15) is 5.11 Å². The van der Waals surface area contributed by atoms with E-state index in [2.05, 4.69) is 96.2 Å². The van der Waals surface area contributed by atoms with Crippen LogP contribution in [-0.4, -0.2) is 45.4 Å². The van der Waals surface area contributed by atoms with Crippen molar-refractivity contribution in [3.05, 3.63) is 35.9 Å². The molecule has 0 fully saturated rings. The Kier molecular flexibility index (Phi) is 8.96. The summed E-state index contributed by atoms with van der Waals surface area (Å²) in [4.78, 5) is -0.720. The molecule has 0 saturated heterocycles. The smallest absolute Gasteiger partial charge is 0.133 e. The molecule has 3 atom stereocenters. The molecule has 0 aliphatic rings. The maximum Gasteiger partial charge on any atom is 0.133 e. The first-order valence-corrected chi connectivity index (χ1v) is 26.9. The molecule has 1 aromatic carbocycles. The lowest BCUT2D eigenvalue weighted by molar-refractivity contribution is 0.172. The lowest BCUT2D eigenvalue weighted by Gasteiger charge is -2.63. The van der Waals surface area contributed by atoms with Crippen LogP contribution in [0.4, 0.5) is 0 Å². The molecule has 7 heteroatoms. The molecular formula is C21H42Cl2OSi4. The fourth-order valence-electron chi connectivity index (χ4n) is 7.15. The summed E-state index contributed by atoms with van der Waals surface area (Å²) in [6.45, 7) is 24.2. The highest BCUT2D eigenvalue weighted by Crippen LogP contribution is 2.52. The van der Waals surface area contributed by atoms with Crippen LogP contribution >= 0.6 is 23.2 Å². The Morgan fingerprint density at radius 3 is 1.50 bits per heavy atom. The lowest BCUT2D eigenvalue weighted by atomic mass is 9.94. The minimum atomic E-state index is -1.74. The van der Waals surface area contributed by atoms with Gasteiger partial charge in [0.1, 0.15) is 4.84 Å². The quantitative estimate of drug-likeness (QED) is 0.280. The molecule has 0 aliphatic carbocycles. The summed E-state index contributed by atoms with van der Waals surface area (Å²) in [5.41, 5.74) is 1.90. The fraction of sp³-hybridized carbons (Fsp3) is 0.714. The van der Waals surface area contributed by atoms with Gasteiger partial charge in [0, 0.05) is 29.4 Å². The van der Waals surface area contributed by atoms with Crippen molar-refractivity contribution in [1.82, 2.24) is 0 Å². The molecule has 162 valence electrons. The number of aliphatic hydroxyl groups is 1. The van der Waals surface area contributed by atoms with Crippen molar-refractivity contribution in [2.75, 3.05) is 0 Å². The predicted molar refractivity (Wildman–Crippen MR) is 141 cm³/mol. The van der Waals surface area contributed by atoms with E-state index >= 15 is 0 Å². The van der Waals surface area contributed by atoms with Crippen LogP contribution < -0.4 is 0 Å². The van der Waals surface area contributed by atoms with Gasteiger partial charge in [0.2, 0.25) is 0 Å². The third-order valence-corrected chi connectivity index (χ3v) is 81.5. The molecule has 1 nitrogen and oxygen atoms in total. The largest absolute Gasteiger partial charge is 0.390 e. The normalized spacial score (nSPS) is 17.5. The summed E-state index contributed by atoms with van der Waals surface area (Å²) < 4.78 is 0. The van der Waals surface area contributed by atoms with Crippen LogP contribution in [0, 0.1) is 0 Å². The van der Waals surface area contributed by atoms with Gasteiger partial charge in [-0.15, -0.1) is 23.2 Å².